The highest BCUT2D eigenvalue weighted by Gasteiger charge is 2.52. The highest BCUT2D eigenvalue weighted by Crippen LogP contribution is 2.41. The summed E-state index contributed by atoms with van der Waals surface area (Å²) in [6.45, 7) is 3.42. The molecular formula is C32H29ClN2O6. The molecule has 1 saturated carbocycles. The zero-order valence-corrected chi connectivity index (χ0v) is 23.5. The molecule has 0 spiro atoms. The Hall–Kier alpha value is -4.30. The van der Waals surface area contributed by atoms with Gasteiger partial charge >= 0.3 is 5.97 Å². The summed E-state index contributed by atoms with van der Waals surface area (Å²) in [6.07, 6.45) is 1.94. The molecule has 2 fully saturated rings. The highest BCUT2D eigenvalue weighted by atomic mass is 35.5. The number of hydrogen-bond acceptors (Lipinski definition) is 6. The van der Waals surface area contributed by atoms with Crippen molar-refractivity contribution in [3.05, 3.63) is 100 Å². The molecule has 1 heterocycles. The number of halogens is 1. The zero-order valence-electron chi connectivity index (χ0n) is 22.7. The van der Waals surface area contributed by atoms with Gasteiger partial charge in [0, 0.05) is 16.1 Å². The minimum Gasteiger partial charge on any atom is -0.423 e. The quantitative estimate of drug-likeness (QED) is 0.160. The summed E-state index contributed by atoms with van der Waals surface area (Å²) < 4.78 is 5.41. The molecule has 2 aliphatic rings. The standard InChI is InChI=1S/C32H29ClN2O6/c1-19-3-6-23(7-4-19)32(40)41-25-14-10-21(11-15-25)28(36)18-34(29(37)22-8-12-24(33)13-9-22)35-30(38)26-16-5-20(2)17-27(26)31(35)39/h3-4,6-15,20,26-27H,5,16-18H2,1-2H3/t20-,26-,27+/m1/s1. The molecule has 3 atom stereocenters. The third kappa shape index (κ3) is 5.93. The molecule has 3 amide bonds. The van der Waals surface area contributed by atoms with Gasteiger partial charge in [-0.3, -0.25) is 19.2 Å². The van der Waals surface area contributed by atoms with Gasteiger partial charge in [0.05, 0.1) is 17.4 Å². The van der Waals surface area contributed by atoms with Gasteiger partial charge < -0.3 is 4.74 Å². The summed E-state index contributed by atoms with van der Waals surface area (Å²) in [5.41, 5.74) is 1.81. The van der Waals surface area contributed by atoms with Crippen molar-refractivity contribution in [2.24, 2.45) is 17.8 Å². The van der Waals surface area contributed by atoms with Gasteiger partial charge in [0.1, 0.15) is 12.3 Å². The van der Waals surface area contributed by atoms with Gasteiger partial charge in [-0.25, -0.2) is 9.80 Å². The molecule has 0 bridgehead atoms. The Bertz CT molecular complexity index is 1500. The minimum absolute atomic E-state index is 0.185. The summed E-state index contributed by atoms with van der Waals surface area (Å²) in [6, 6.07) is 18.9. The minimum atomic E-state index is -0.660. The smallest absolute Gasteiger partial charge is 0.343 e. The van der Waals surface area contributed by atoms with Gasteiger partial charge in [0.25, 0.3) is 17.7 Å². The number of imide groups is 1. The fourth-order valence-corrected chi connectivity index (χ4v) is 5.50. The van der Waals surface area contributed by atoms with E-state index in [1.54, 1.807) is 24.3 Å². The first kappa shape index (κ1) is 28.2. The van der Waals surface area contributed by atoms with Gasteiger partial charge in [-0.2, -0.15) is 5.01 Å². The van der Waals surface area contributed by atoms with Gasteiger partial charge in [-0.15, -0.1) is 0 Å². The maximum atomic E-state index is 13.6. The number of ketones is 1. The van der Waals surface area contributed by atoms with Crippen molar-refractivity contribution >= 4 is 41.1 Å². The molecule has 41 heavy (non-hydrogen) atoms. The number of Topliss-reactive ketones (excluding diaryl/α,β-unsaturated/α-hetero) is 1. The number of carbonyl (C=O) groups excluding carboxylic acids is 5. The van der Waals surface area contributed by atoms with Crippen LogP contribution in [0.4, 0.5) is 0 Å². The number of fused-ring (bicyclic) bond motifs is 1. The number of aryl methyl sites for hydroxylation is 1. The lowest BCUT2D eigenvalue weighted by Gasteiger charge is -2.30. The Morgan fingerprint density at radius 3 is 2.07 bits per heavy atom. The van der Waals surface area contributed by atoms with E-state index in [4.69, 9.17) is 16.3 Å². The number of hydrazine groups is 1. The van der Waals surface area contributed by atoms with E-state index in [-0.39, 0.29) is 22.8 Å². The summed E-state index contributed by atoms with van der Waals surface area (Å²) in [5.74, 6) is -3.09. The first-order valence-corrected chi connectivity index (χ1v) is 13.9. The molecule has 3 aromatic rings. The molecule has 0 radical (unpaired) electrons. The van der Waals surface area contributed by atoms with E-state index in [0.717, 1.165) is 22.0 Å². The number of nitrogens with zero attached hydrogens (tertiary/aromatic N) is 2. The number of esters is 1. The summed E-state index contributed by atoms with van der Waals surface area (Å²) in [4.78, 5) is 66.3. The van der Waals surface area contributed by atoms with Crippen LogP contribution in [0.15, 0.2) is 72.8 Å². The van der Waals surface area contributed by atoms with Crippen molar-refractivity contribution in [3.63, 3.8) is 0 Å². The predicted octanol–water partition coefficient (Wildman–Crippen LogP) is 5.53. The molecule has 1 aliphatic heterocycles. The van der Waals surface area contributed by atoms with Crippen LogP contribution >= 0.6 is 11.6 Å². The highest BCUT2D eigenvalue weighted by molar-refractivity contribution is 6.30. The van der Waals surface area contributed by atoms with E-state index in [1.807, 2.05) is 13.8 Å². The number of hydrogen-bond donors (Lipinski definition) is 0. The molecule has 9 heteroatoms. The maximum absolute atomic E-state index is 13.6. The molecule has 1 saturated heterocycles. The molecule has 1 aliphatic carbocycles. The predicted molar refractivity (Wildman–Crippen MR) is 151 cm³/mol. The second-order valence-electron chi connectivity index (χ2n) is 10.7. The van der Waals surface area contributed by atoms with Crippen LogP contribution in [-0.4, -0.2) is 46.0 Å². The number of amides is 3. The molecule has 8 nitrogen and oxygen atoms in total. The lowest BCUT2D eigenvalue weighted by Crippen LogP contribution is -2.52. The van der Waals surface area contributed by atoms with Crippen LogP contribution in [0.25, 0.3) is 0 Å². The Labute approximate surface area is 242 Å². The second-order valence-corrected chi connectivity index (χ2v) is 11.1. The lowest BCUT2D eigenvalue weighted by atomic mass is 9.76. The van der Waals surface area contributed by atoms with Gasteiger partial charge in [-0.1, -0.05) is 36.2 Å². The molecule has 0 N–H and O–H groups in total. The van der Waals surface area contributed by atoms with Crippen LogP contribution in [0.3, 0.4) is 0 Å². The largest absolute Gasteiger partial charge is 0.423 e. The monoisotopic (exact) mass is 572 g/mol. The normalized spacial score (nSPS) is 20.0. The maximum Gasteiger partial charge on any atom is 0.343 e. The molecule has 3 aromatic carbocycles. The van der Waals surface area contributed by atoms with Gasteiger partial charge in [0.2, 0.25) is 0 Å². The van der Waals surface area contributed by atoms with Crippen molar-refractivity contribution in [1.29, 1.82) is 0 Å². The van der Waals surface area contributed by atoms with Crippen molar-refractivity contribution in [1.82, 2.24) is 10.0 Å². The first-order chi connectivity index (χ1) is 19.6. The summed E-state index contributed by atoms with van der Waals surface area (Å²) in [7, 11) is 0. The number of ether oxygens (including phenoxy) is 1. The van der Waals surface area contributed by atoms with E-state index in [2.05, 4.69) is 0 Å². The number of carbonyl (C=O) groups is 5. The number of benzene rings is 3. The van der Waals surface area contributed by atoms with Crippen LogP contribution in [-0.2, 0) is 9.59 Å². The zero-order chi connectivity index (χ0) is 29.3. The molecule has 210 valence electrons. The first-order valence-electron chi connectivity index (χ1n) is 13.5. The van der Waals surface area contributed by atoms with Gasteiger partial charge in [-0.05, 0) is 92.8 Å². The van der Waals surface area contributed by atoms with Crippen LogP contribution in [0.2, 0.25) is 5.02 Å². The van der Waals surface area contributed by atoms with Crippen molar-refractivity contribution in [2.45, 2.75) is 33.1 Å². The van der Waals surface area contributed by atoms with Crippen LogP contribution in [0, 0.1) is 24.7 Å². The fourth-order valence-electron chi connectivity index (χ4n) is 5.38. The van der Waals surface area contributed by atoms with E-state index in [0.29, 0.717) is 23.4 Å². The lowest BCUT2D eigenvalue weighted by molar-refractivity contribution is -0.154. The number of rotatable bonds is 7. The van der Waals surface area contributed by atoms with E-state index >= 15 is 0 Å². The molecule has 5 rings (SSSR count). The van der Waals surface area contributed by atoms with E-state index in [9.17, 15) is 24.0 Å². The summed E-state index contributed by atoms with van der Waals surface area (Å²) in [5, 5.41) is 2.24. The fraction of sp³-hybridized carbons (Fsp3) is 0.281. The van der Waals surface area contributed by atoms with Crippen LogP contribution in [0.5, 0.6) is 5.75 Å². The molecular weight excluding hydrogens is 544 g/mol. The average Bonchev–Trinajstić information content (AvgIpc) is 3.20. The second kappa shape index (κ2) is 11.7. The average molecular weight is 573 g/mol. The van der Waals surface area contributed by atoms with E-state index < -0.39 is 47.9 Å². The molecule has 0 unspecified atom stereocenters. The third-order valence-corrected chi connectivity index (χ3v) is 7.95. The topological polar surface area (TPSA) is 101 Å². The van der Waals surface area contributed by atoms with Crippen molar-refractivity contribution < 1.29 is 28.7 Å². The third-order valence-electron chi connectivity index (χ3n) is 7.70. The Morgan fingerprint density at radius 1 is 0.829 bits per heavy atom. The van der Waals surface area contributed by atoms with Crippen molar-refractivity contribution in [2.75, 3.05) is 6.54 Å². The van der Waals surface area contributed by atoms with Crippen LogP contribution < -0.4 is 4.74 Å². The van der Waals surface area contributed by atoms with Crippen LogP contribution in [0.1, 0.15) is 62.8 Å². The Morgan fingerprint density at radius 2 is 1.41 bits per heavy atom. The summed E-state index contributed by atoms with van der Waals surface area (Å²) >= 11 is 5.99. The Kier molecular flexibility index (Phi) is 8.03. The van der Waals surface area contributed by atoms with Gasteiger partial charge in [0.15, 0.2) is 5.78 Å². The Balaban J connectivity index is 1.37. The van der Waals surface area contributed by atoms with E-state index in [1.165, 1.54) is 48.5 Å². The molecule has 0 aromatic heterocycles. The SMILES string of the molecule is Cc1ccc(C(=O)Oc2ccc(C(=O)CN(C(=O)c3ccc(Cl)cc3)N3C(=O)[C@H]4C[C@H](C)CC[C@H]4C3=O)cc2)cc1. The van der Waals surface area contributed by atoms with Crippen molar-refractivity contribution in [3.8, 4) is 5.75 Å².